The molecule has 160 valence electrons. The van der Waals surface area contributed by atoms with E-state index in [-0.39, 0.29) is 30.2 Å². The molecule has 9 heteroatoms. The van der Waals surface area contributed by atoms with E-state index in [2.05, 4.69) is 20.6 Å². The predicted octanol–water partition coefficient (Wildman–Crippen LogP) is 2.59. The van der Waals surface area contributed by atoms with Crippen LogP contribution in [0.5, 0.6) is 5.75 Å². The Hall–Kier alpha value is -3.01. The number of thiophene rings is 1. The molecule has 31 heavy (non-hydrogen) atoms. The normalized spacial score (nSPS) is 24.5. The summed E-state index contributed by atoms with van der Waals surface area (Å²) in [4.78, 5) is 22.0. The highest BCUT2D eigenvalue weighted by Gasteiger charge is 2.48. The molecule has 0 spiro atoms. The number of ether oxygens (including phenoxy) is 3. The Morgan fingerprint density at radius 1 is 1.10 bits per heavy atom. The lowest BCUT2D eigenvalue weighted by Gasteiger charge is -2.18. The molecule has 5 rings (SSSR count). The fraction of sp³-hybridized carbons (Fsp3) is 0.318. The van der Waals surface area contributed by atoms with Crippen molar-refractivity contribution in [2.75, 3.05) is 25.6 Å². The van der Waals surface area contributed by atoms with Crippen molar-refractivity contribution in [2.24, 2.45) is 0 Å². The number of amides is 1. The van der Waals surface area contributed by atoms with Crippen molar-refractivity contribution in [3.8, 4) is 17.0 Å². The van der Waals surface area contributed by atoms with Gasteiger partial charge in [-0.15, -0.1) is 11.3 Å². The number of methoxy groups -OCH3 is 1. The summed E-state index contributed by atoms with van der Waals surface area (Å²) < 4.78 is 17.1. The lowest BCUT2D eigenvalue weighted by Crippen LogP contribution is -2.44. The van der Waals surface area contributed by atoms with Gasteiger partial charge in [-0.25, -0.2) is 9.97 Å². The van der Waals surface area contributed by atoms with Crippen molar-refractivity contribution in [3.05, 3.63) is 58.9 Å². The molecular weight excluding hydrogens is 416 g/mol. The van der Waals surface area contributed by atoms with Crippen LogP contribution in [0.1, 0.15) is 9.67 Å². The minimum atomic E-state index is -0.203. The molecule has 8 nitrogen and oxygen atoms in total. The number of rotatable bonds is 6. The van der Waals surface area contributed by atoms with E-state index in [4.69, 9.17) is 14.2 Å². The van der Waals surface area contributed by atoms with E-state index in [1.807, 2.05) is 41.8 Å². The van der Waals surface area contributed by atoms with Crippen LogP contribution in [0.3, 0.4) is 0 Å². The molecule has 4 atom stereocenters. The van der Waals surface area contributed by atoms with Crippen LogP contribution < -0.4 is 15.4 Å². The molecule has 1 amide bonds. The van der Waals surface area contributed by atoms with Gasteiger partial charge in [-0.1, -0.05) is 6.07 Å². The summed E-state index contributed by atoms with van der Waals surface area (Å²) in [5.41, 5.74) is 1.78. The number of carbonyl (C=O) groups is 1. The summed E-state index contributed by atoms with van der Waals surface area (Å²) in [7, 11) is 1.64. The third-order valence-electron chi connectivity index (χ3n) is 5.47. The van der Waals surface area contributed by atoms with Crippen LogP contribution in [0.4, 0.5) is 5.95 Å². The zero-order valence-corrected chi connectivity index (χ0v) is 17.7. The van der Waals surface area contributed by atoms with Crippen molar-refractivity contribution in [1.82, 2.24) is 15.3 Å². The molecule has 4 heterocycles. The van der Waals surface area contributed by atoms with Gasteiger partial charge in [-0.2, -0.15) is 0 Å². The zero-order chi connectivity index (χ0) is 21.2. The maximum atomic E-state index is 12.4. The lowest BCUT2D eigenvalue weighted by atomic mass is 10.1. The second-order valence-corrected chi connectivity index (χ2v) is 8.35. The van der Waals surface area contributed by atoms with Gasteiger partial charge >= 0.3 is 0 Å². The van der Waals surface area contributed by atoms with E-state index in [0.29, 0.717) is 24.0 Å². The first-order valence-electron chi connectivity index (χ1n) is 10.0. The minimum Gasteiger partial charge on any atom is -0.497 e. The van der Waals surface area contributed by atoms with Gasteiger partial charge in [-0.05, 0) is 41.8 Å². The summed E-state index contributed by atoms with van der Waals surface area (Å²) in [6.45, 7) is 0.869. The quantitative estimate of drug-likeness (QED) is 0.611. The molecule has 0 aliphatic carbocycles. The summed E-state index contributed by atoms with van der Waals surface area (Å²) in [6, 6.07) is 13.0. The molecule has 0 radical (unpaired) electrons. The van der Waals surface area contributed by atoms with Crippen LogP contribution in [0.25, 0.3) is 11.3 Å². The summed E-state index contributed by atoms with van der Waals surface area (Å²) in [5.74, 6) is 1.21. The van der Waals surface area contributed by atoms with Crippen LogP contribution in [0, 0.1) is 0 Å². The molecule has 2 aromatic heterocycles. The molecule has 1 aromatic carbocycles. The standard InChI is InChI=1S/C22H22N4O4S/c1-28-14-6-4-13(5-7-14)15-8-9-23-22(25-15)26-17-12-30-19-16(11-29-20(17)19)24-21(27)18-3-2-10-31-18/h2-10,16-17,19-20H,11-12H2,1H3,(H,24,27)(H,23,25,26)/t16-,17-,19+,20+/m0/s1. The Morgan fingerprint density at radius 3 is 2.61 bits per heavy atom. The van der Waals surface area contributed by atoms with Crippen molar-refractivity contribution in [2.45, 2.75) is 24.3 Å². The zero-order valence-electron chi connectivity index (χ0n) is 16.9. The topological polar surface area (TPSA) is 94.6 Å². The van der Waals surface area contributed by atoms with Crippen LogP contribution >= 0.6 is 11.3 Å². The third kappa shape index (κ3) is 4.12. The number of nitrogens with zero attached hydrogens (tertiary/aromatic N) is 2. The van der Waals surface area contributed by atoms with Crippen LogP contribution in [0.15, 0.2) is 54.0 Å². The van der Waals surface area contributed by atoms with Gasteiger partial charge in [0.2, 0.25) is 5.95 Å². The van der Waals surface area contributed by atoms with Crippen molar-refractivity contribution < 1.29 is 19.0 Å². The van der Waals surface area contributed by atoms with Crippen molar-refractivity contribution >= 4 is 23.2 Å². The summed E-state index contributed by atoms with van der Waals surface area (Å²) >= 11 is 1.41. The summed E-state index contributed by atoms with van der Waals surface area (Å²) in [5, 5.41) is 8.25. The first-order valence-corrected chi connectivity index (χ1v) is 10.9. The fourth-order valence-electron chi connectivity index (χ4n) is 3.91. The Morgan fingerprint density at radius 2 is 1.87 bits per heavy atom. The van der Waals surface area contributed by atoms with Gasteiger partial charge in [0.1, 0.15) is 18.0 Å². The molecule has 0 unspecified atom stereocenters. The monoisotopic (exact) mass is 438 g/mol. The molecule has 0 bridgehead atoms. The van der Waals surface area contributed by atoms with E-state index in [1.54, 1.807) is 19.4 Å². The van der Waals surface area contributed by atoms with Crippen molar-refractivity contribution in [1.29, 1.82) is 0 Å². The SMILES string of the molecule is COc1ccc(-c2ccnc(N[C@H]3CO[C@H]4[C@@H]3OC[C@@H]4NC(=O)c3cccs3)n2)cc1. The molecule has 0 saturated carbocycles. The van der Waals surface area contributed by atoms with Crippen LogP contribution in [-0.4, -0.2) is 60.5 Å². The summed E-state index contributed by atoms with van der Waals surface area (Å²) in [6.07, 6.45) is 1.34. The highest BCUT2D eigenvalue weighted by atomic mass is 32.1. The fourth-order valence-corrected chi connectivity index (χ4v) is 4.54. The van der Waals surface area contributed by atoms with Gasteiger partial charge in [-0.3, -0.25) is 4.79 Å². The molecule has 2 fully saturated rings. The van der Waals surface area contributed by atoms with Gasteiger partial charge < -0.3 is 24.8 Å². The van der Waals surface area contributed by atoms with E-state index in [0.717, 1.165) is 17.0 Å². The van der Waals surface area contributed by atoms with Gasteiger partial charge in [0, 0.05) is 11.8 Å². The molecule has 2 aliphatic heterocycles. The molecule has 2 N–H and O–H groups in total. The van der Waals surface area contributed by atoms with Gasteiger partial charge in [0.05, 0.1) is 43.0 Å². The average molecular weight is 439 g/mol. The maximum Gasteiger partial charge on any atom is 0.261 e. The van der Waals surface area contributed by atoms with E-state index in [9.17, 15) is 4.79 Å². The Kier molecular flexibility index (Phi) is 5.54. The van der Waals surface area contributed by atoms with Crippen LogP contribution in [0.2, 0.25) is 0 Å². The number of nitrogens with one attached hydrogen (secondary N) is 2. The maximum absolute atomic E-state index is 12.4. The third-order valence-corrected chi connectivity index (χ3v) is 6.34. The number of carbonyl (C=O) groups excluding carboxylic acids is 1. The highest BCUT2D eigenvalue weighted by molar-refractivity contribution is 7.12. The van der Waals surface area contributed by atoms with E-state index in [1.165, 1.54) is 11.3 Å². The molecule has 2 saturated heterocycles. The van der Waals surface area contributed by atoms with Gasteiger partial charge in [0.25, 0.3) is 5.91 Å². The number of aromatic nitrogens is 2. The second-order valence-electron chi connectivity index (χ2n) is 7.40. The number of anilines is 1. The van der Waals surface area contributed by atoms with E-state index >= 15 is 0 Å². The van der Waals surface area contributed by atoms with Gasteiger partial charge in [0.15, 0.2) is 0 Å². The Bertz CT molecular complexity index is 1040. The number of hydrogen-bond donors (Lipinski definition) is 2. The largest absolute Gasteiger partial charge is 0.497 e. The van der Waals surface area contributed by atoms with Crippen LogP contribution in [-0.2, 0) is 9.47 Å². The Balaban J connectivity index is 1.24. The smallest absolute Gasteiger partial charge is 0.261 e. The van der Waals surface area contributed by atoms with E-state index < -0.39 is 0 Å². The molecule has 3 aromatic rings. The number of fused-ring (bicyclic) bond motifs is 1. The minimum absolute atomic E-state index is 0.0974. The average Bonchev–Trinajstić information content (AvgIpc) is 3.55. The molecule has 2 aliphatic rings. The molecular formula is C22H22N4O4S. The first-order chi connectivity index (χ1) is 15.2. The lowest BCUT2D eigenvalue weighted by molar-refractivity contribution is 0.0652. The number of hydrogen-bond acceptors (Lipinski definition) is 8. The predicted molar refractivity (Wildman–Crippen MR) is 116 cm³/mol. The first kappa shape index (κ1) is 19.9. The Labute approximate surface area is 183 Å². The van der Waals surface area contributed by atoms with Crippen molar-refractivity contribution in [3.63, 3.8) is 0 Å². The second kappa shape index (κ2) is 8.62. The number of benzene rings is 1. The highest BCUT2D eigenvalue weighted by Crippen LogP contribution is 2.29.